The highest BCUT2D eigenvalue weighted by atomic mass is 16.2. The number of benzene rings is 1. The molecule has 20 heavy (non-hydrogen) atoms. The van der Waals surface area contributed by atoms with Crippen LogP contribution in [0.4, 0.5) is 0 Å². The van der Waals surface area contributed by atoms with Crippen molar-refractivity contribution >= 4 is 5.91 Å². The van der Waals surface area contributed by atoms with Crippen molar-refractivity contribution in [1.82, 2.24) is 15.5 Å². The number of carbonyl (C=O) groups excluding carboxylic acids is 1. The van der Waals surface area contributed by atoms with E-state index in [0.717, 1.165) is 25.1 Å². The normalized spacial score (nSPS) is 19.6. The van der Waals surface area contributed by atoms with Crippen LogP contribution in [-0.2, 0) is 11.3 Å². The Balaban J connectivity index is 1.73. The van der Waals surface area contributed by atoms with Crippen LogP contribution in [0.25, 0.3) is 0 Å². The molecule has 4 heteroatoms. The van der Waals surface area contributed by atoms with Gasteiger partial charge in [0.2, 0.25) is 5.91 Å². The molecule has 0 radical (unpaired) electrons. The Bertz CT molecular complexity index is 399. The average molecular weight is 275 g/mol. The smallest absolute Gasteiger partial charge is 0.234 e. The van der Waals surface area contributed by atoms with Gasteiger partial charge in [-0.1, -0.05) is 30.3 Å². The lowest BCUT2D eigenvalue weighted by atomic mass is 10.1. The fourth-order valence-corrected chi connectivity index (χ4v) is 2.65. The Kier molecular flexibility index (Phi) is 6.02. The molecule has 0 aromatic heterocycles. The Morgan fingerprint density at radius 3 is 2.90 bits per heavy atom. The number of hydrogen-bond donors (Lipinski definition) is 2. The summed E-state index contributed by atoms with van der Waals surface area (Å²) in [4.78, 5) is 14.2. The van der Waals surface area contributed by atoms with Crippen LogP contribution in [0, 0.1) is 0 Å². The van der Waals surface area contributed by atoms with Crippen LogP contribution in [0.2, 0.25) is 0 Å². The molecule has 1 aromatic rings. The van der Waals surface area contributed by atoms with E-state index in [1.165, 1.54) is 12.8 Å². The molecule has 1 saturated heterocycles. The van der Waals surface area contributed by atoms with Gasteiger partial charge in [-0.05, 0) is 45.0 Å². The zero-order chi connectivity index (χ0) is 14.2. The van der Waals surface area contributed by atoms with Gasteiger partial charge in [0, 0.05) is 12.6 Å². The predicted octanol–water partition coefficient (Wildman–Crippen LogP) is 1.38. The second-order valence-corrected chi connectivity index (χ2v) is 5.51. The van der Waals surface area contributed by atoms with E-state index < -0.39 is 0 Å². The molecule has 1 aromatic carbocycles. The van der Waals surface area contributed by atoms with Gasteiger partial charge < -0.3 is 10.6 Å². The average Bonchev–Trinajstić information content (AvgIpc) is 2.75. The molecule has 4 nitrogen and oxygen atoms in total. The Morgan fingerprint density at radius 2 is 2.10 bits per heavy atom. The monoisotopic (exact) mass is 275 g/mol. The zero-order valence-corrected chi connectivity index (χ0v) is 12.3. The van der Waals surface area contributed by atoms with E-state index in [9.17, 15) is 4.79 Å². The van der Waals surface area contributed by atoms with Crippen LogP contribution in [-0.4, -0.2) is 43.5 Å². The Hall–Kier alpha value is -1.39. The van der Waals surface area contributed by atoms with Gasteiger partial charge in [0.05, 0.1) is 6.54 Å². The van der Waals surface area contributed by atoms with E-state index in [1.807, 2.05) is 30.3 Å². The van der Waals surface area contributed by atoms with E-state index in [2.05, 4.69) is 22.6 Å². The maximum Gasteiger partial charge on any atom is 0.234 e. The summed E-state index contributed by atoms with van der Waals surface area (Å²) in [5.74, 6) is 0.105. The van der Waals surface area contributed by atoms with Crippen molar-refractivity contribution < 1.29 is 4.79 Å². The summed E-state index contributed by atoms with van der Waals surface area (Å²) in [7, 11) is 2.05. The first kappa shape index (κ1) is 15.0. The number of amides is 1. The second-order valence-electron chi connectivity index (χ2n) is 5.51. The molecule has 1 atom stereocenters. The highest BCUT2D eigenvalue weighted by molar-refractivity contribution is 5.78. The second kappa shape index (κ2) is 8.02. The van der Waals surface area contributed by atoms with Gasteiger partial charge in [0.1, 0.15) is 0 Å². The van der Waals surface area contributed by atoms with Crippen molar-refractivity contribution in [1.29, 1.82) is 0 Å². The maximum atomic E-state index is 12.0. The van der Waals surface area contributed by atoms with Crippen LogP contribution in [0.1, 0.15) is 24.8 Å². The Morgan fingerprint density at radius 1 is 1.30 bits per heavy atom. The number of hydrogen-bond acceptors (Lipinski definition) is 3. The summed E-state index contributed by atoms with van der Waals surface area (Å²) >= 11 is 0. The third-order valence-corrected chi connectivity index (χ3v) is 3.89. The topological polar surface area (TPSA) is 44.4 Å². The lowest BCUT2D eigenvalue weighted by Gasteiger charge is -2.26. The van der Waals surface area contributed by atoms with Crippen molar-refractivity contribution in [3.05, 3.63) is 35.9 Å². The molecule has 110 valence electrons. The molecule has 1 heterocycles. The van der Waals surface area contributed by atoms with Crippen molar-refractivity contribution in [2.75, 3.05) is 26.7 Å². The zero-order valence-electron chi connectivity index (χ0n) is 12.3. The first-order valence-corrected chi connectivity index (χ1v) is 7.47. The highest BCUT2D eigenvalue weighted by Crippen LogP contribution is 2.11. The third kappa shape index (κ3) is 4.94. The molecule has 0 spiro atoms. The molecular formula is C16H25N3O. The van der Waals surface area contributed by atoms with Crippen LogP contribution < -0.4 is 10.6 Å². The van der Waals surface area contributed by atoms with Crippen molar-refractivity contribution in [3.63, 3.8) is 0 Å². The molecule has 2 rings (SSSR count). The number of likely N-dealkylation sites (N-methyl/N-ethyl adjacent to an activating group) is 1. The quantitative estimate of drug-likeness (QED) is 0.853. The molecular weight excluding hydrogens is 250 g/mol. The largest absolute Gasteiger partial charge is 0.351 e. The Labute approximate surface area is 121 Å². The minimum atomic E-state index is 0.105. The van der Waals surface area contributed by atoms with Crippen LogP contribution >= 0.6 is 0 Å². The summed E-state index contributed by atoms with van der Waals surface area (Å²) < 4.78 is 0. The van der Waals surface area contributed by atoms with E-state index in [4.69, 9.17) is 0 Å². The number of rotatable bonds is 5. The van der Waals surface area contributed by atoms with Gasteiger partial charge in [0.15, 0.2) is 0 Å². The third-order valence-electron chi connectivity index (χ3n) is 3.89. The first-order valence-electron chi connectivity index (χ1n) is 7.47. The van der Waals surface area contributed by atoms with Crippen LogP contribution in [0.3, 0.4) is 0 Å². The van der Waals surface area contributed by atoms with Crippen LogP contribution in [0.5, 0.6) is 0 Å². The van der Waals surface area contributed by atoms with Crippen molar-refractivity contribution in [2.45, 2.75) is 31.8 Å². The summed E-state index contributed by atoms with van der Waals surface area (Å²) in [6.07, 6.45) is 3.50. The van der Waals surface area contributed by atoms with Crippen LogP contribution in [0.15, 0.2) is 30.3 Å². The molecule has 0 saturated carbocycles. The molecule has 2 N–H and O–H groups in total. The van der Waals surface area contributed by atoms with E-state index in [0.29, 0.717) is 19.1 Å². The van der Waals surface area contributed by atoms with Gasteiger partial charge in [-0.3, -0.25) is 9.69 Å². The van der Waals surface area contributed by atoms with Gasteiger partial charge in [-0.25, -0.2) is 0 Å². The van der Waals surface area contributed by atoms with Crippen molar-refractivity contribution in [3.8, 4) is 0 Å². The molecule has 1 amide bonds. The van der Waals surface area contributed by atoms with Gasteiger partial charge in [-0.15, -0.1) is 0 Å². The number of carbonyl (C=O) groups is 1. The highest BCUT2D eigenvalue weighted by Gasteiger charge is 2.18. The summed E-state index contributed by atoms with van der Waals surface area (Å²) in [5.41, 5.74) is 1.14. The van der Waals surface area contributed by atoms with E-state index in [-0.39, 0.29) is 5.91 Å². The molecule has 0 bridgehead atoms. The SMILES string of the molecule is CN(CC(=O)NCc1ccccc1)C1CCCNCC1. The fourth-order valence-electron chi connectivity index (χ4n) is 2.65. The van der Waals surface area contributed by atoms with E-state index >= 15 is 0 Å². The molecule has 0 aliphatic carbocycles. The molecule has 1 aliphatic heterocycles. The molecule has 1 fully saturated rings. The van der Waals surface area contributed by atoms with Gasteiger partial charge in [0.25, 0.3) is 0 Å². The minimum absolute atomic E-state index is 0.105. The summed E-state index contributed by atoms with van der Waals surface area (Å²) in [5, 5.41) is 6.39. The standard InChI is InChI=1S/C16H25N3O/c1-19(15-8-5-10-17-11-9-15)13-16(20)18-12-14-6-3-2-4-7-14/h2-4,6-7,15,17H,5,8-13H2,1H3,(H,18,20). The first-order chi connectivity index (χ1) is 9.75. The summed E-state index contributed by atoms with van der Waals surface area (Å²) in [6.45, 7) is 3.25. The predicted molar refractivity (Wildman–Crippen MR) is 81.4 cm³/mol. The molecule has 1 aliphatic rings. The van der Waals surface area contributed by atoms with E-state index in [1.54, 1.807) is 0 Å². The fraction of sp³-hybridized carbons (Fsp3) is 0.562. The summed E-state index contributed by atoms with van der Waals surface area (Å²) in [6, 6.07) is 10.5. The lowest BCUT2D eigenvalue weighted by Crippen LogP contribution is -2.40. The number of nitrogens with one attached hydrogen (secondary N) is 2. The van der Waals surface area contributed by atoms with Gasteiger partial charge in [-0.2, -0.15) is 0 Å². The number of nitrogens with zero attached hydrogens (tertiary/aromatic N) is 1. The maximum absolute atomic E-state index is 12.0. The van der Waals surface area contributed by atoms with Crippen molar-refractivity contribution in [2.24, 2.45) is 0 Å². The lowest BCUT2D eigenvalue weighted by molar-refractivity contribution is -0.122. The van der Waals surface area contributed by atoms with Gasteiger partial charge >= 0.3 is 0 Å². The molecule has 1 unspecified atom stereocenters. The minimum Gasteiger partial charge on any atom is -0.351 e.